The van der Waals surface area contributed by atoms with Gasteiger partial charge in [0.2, 0.25) is 5.91 Å². The largest absolute Gasteiger partial charge is 0.467 e. The lowest BCUT2D eigenvalue weighted by Crippen LogP contribution is -2.72. The van der Waals surface area contributed by atoms with Crippen molar-refractivity contribution in [2.45, 2.75) is 76.9 Å². The van der Waals surface area contributed by atoms with Crippen LogP contribution in [0.15, 0.2) is 0 Å². The second-order valence-corrected chi connectivity index (χ2v) is 13.1. The van der Waals surface area contributed by atoms with Gasteiger partial charge in [0.1, 0.15) is 5.60 Å². The van der Waals surface area contributed by atoms with Gasteiger partial charge in [-0.05, 0) is 37.9 Å². The van der Waals surface area contributed by atoms with Crippen LogP contribution in [0.2, 0.25) is 18.6 Å². The van der Waals surface area contributed by atoms with Crippen LogP contribution in [0.1, 0.15) is 41.0 Å². The first-order valence-electron chi connectivity index (χ1n) is 9.21. The molecule has 152 valence electrons. The molecular weight excluding hydrogens is 354 g/mol. The molecule has 1 aliphatic heterocycles. The summed E-state index contributed by atoms with van der Waals surface area (Å²) in [7, 11) is -0.994. The average molecular weight is 390 g/mol. The van der Waals surface area contributed by atoms with Crippen LogP contribution in [0.25, 0.3) is 0 Å². The molecule has 1 rings (SSSR count). The highest BCUT2D eigenvalue weighted by Gasteiger charge is 2.70. The highest BCUT2D eigenvalue weighted by molar-refractivity contribution is 6.72. The molecule has 3 N–H and O–H groups in total. The van der Waals surface area contributed by atoms with Crippen LogP contribution < -0.4 is 5.32 Å². The van der Waals surface area contributed by atoms with Crippen LogP contribution >= 0.6 is 0 Å². The molecule has 26 heavy (non-hydrogen) atoms. The van der Waals surface area contributed by atoms with Gasteiger partial charge in [0.05, 0.1) is 19.1 Å². The predicted octanol–water partition coefficient (Wildman–Crippen LogP) is 1.43. The molecule has 0 radical (unpaired) electrons. The summed E-state index contributed by atoms with van der Waals surface area (Å²) in [6.45, 7) is 13.2. The van der Waals surface area contributed by atoms with Gasteiger partial charge in [-0.3, -0.25) is 4.79 Å². The molecule has 4 atom stereocenters. The minimum atomic E-state index is -2.22. The molecule has 1 saturated heterocycles. The fourth-order valence-electron chi connectivity index (χ4n) is 3.56. The lowest BCUT2D eigenvalue weighted by Gasteiger charge is -2.48. The number of hydrogen-bond acceptors (Lipinski definition) is 6. The maximum Gasteiger partial charge on any atom is 0.337 e. The summed E-state index contributed by atoms with van der Waals surface area (Å²) < 4.78 is 11.5. The number of hydrogen-bond donors (Lipinski definition) is 3. The zero-order chi connectivity index (χ0) is 20.5. The Morgan fingerprint density at radius 2 is 1.85 bits per heavy atom. The number of esters is 1. The highest BCUT2D eigenvalue weighted by atomic mass is 28.4. The molecule has 0 aromatic heterocycles. The van der Waals surface area contributed by atoms with Crippen LogP contribution in [-0.2, 0) is 18.8 Å². The van der Waals surface area contributed by atoms with Crippen molar-refractivity contribution in [3.8, 4) is 0 Å². The van der Waals surface area contributed by atoms with Gasteiger partial charge >= 0.3 is 5.97 Å². The van der Waals surface area contributed by atoms with Crippen molar-refractivity contribution in [1.29, 1.82) is 0 Å². The monoisotopic (exact) mass is 389 g/mol. The quantitative estimate of drug-likeness (QED) is 0.428. The fraction of sp³-hybridized carbons (Fsp3) is 0.889. The van der Waals surface area contributed by atoms with E-state index >= 15 is 0 Å². The summed E-state index contributed by atoms with van der Waals surface area (Å²) in [5, 5.41) is 23.4. The summed E-state index contributed by atoms with van der Waals surface area (Å²) in [5.41, 5.74) is -3.23. The maximum absolute atomic E-state index is 12.9. The van der Waals surface area contributed by atoms with Gasteiger partial charge in [0, 0.05) is 6.61 Å². The molecule has 0 unspecified atom stereocenters. The third-order valence-electron chi connectivity index (χ3n) is 5.89. The summed E-state index contributed by atoms with van der Waals surface area (Å²) in [6.07, 6.45) is -0.713. The van der Waals surface area contributed by atoms with Gasteiger partial charge in [0.25, 0.3) is 0 Å². The van der Waals surface area contributed by atoms with E-state index in [0.29, 0.717) is 0 Å². The van der Waals surface area contributed by atoms with Crippen LogP contribution in [0.5, 0.6) is 0 Å². The molecular formula is C18H35NO6Si. The normalized spacial score (nSPS) is 30.6. The van der Waals surface area contributed by atoms with Gasteiger partial charge in [-0.2, -0.15) is 0 Å². The van der Waals surface area contributed by atoms with Gasteiger partial charge in [-0.25, -0.2) is 4.79 Å². The molecule has 7 nitrogen and oxygen atoms in total. The Bertz CT molecular complexity index is 534. The van der Waals surface area contributed by atoms with E-state index in [4.69, 9.17) is 9.16 Å². The lowest BCUT2D eigenvalue weighted by molar-refractivity contribution is -0.172. The third kappa shape index (κ3) is 3.69. The summed E-state index contributed by atoms with van der Waals surface area (Å²) in [4.78, 5) is 25.5. The van der Waals surface area contributed by atoms with Crippen molar-refractivity contribution in [2.75, 3.05) is 13.7 Å². The zero-order valence-corrected chi connectivity index (χ0v) is 18.3. The number of methoxy groups -OCH3 is 1. The average Bonchev–Trinajstić information content (AvgIpc) is 2.72. The molecule has 1 amide bonds. The minimum Gasteiger partial charge on any atom is -0.467 e. The molecule has 1 heterocycles. The second-order valence-electron chi connectivity index (χ2n) is 8.54. The van der Waals surface area contributed by atoms with Gasteiger partial charge in [0.15, 0.2) is 13.9 Å². The van der Waals surface area contributed by atoms with E-state index < -0.39 is 43.4 Å². The van der Waals surface area contributed by atoms with E-state index in [1.807, 2.05) is 13.8 Å². The molecule has 0 aromatic rings. The van der Waals surface area contributed by atoms with Crippen LogP contribution in [0, 0.1) is 11.8 Å². The molecule has 0 spiro atoms. The number of aliphatic hydroxyl groups excluding tert-OH is 1. The topological polar surface area (TPSA) is 105 Å². The number of carbonyl (C=O) groups is 2. The van der Waals surface area contributed by atoms with Crippen LogP contribution in [0.3, 0.4) is 0 Å². The fourth-order valence-corrected chi connectivity index (χ4v) is 4.94. The molecule has 0 aliphatic carbocycles. The third-order valence-corrected chi connectivity index (χ3v) is 9.53. The molecule has 0 bridgehead atoms. The van der Waals surface area contributed by atoms with Crippen molar-refractivity contribution in [3.05, 3.63) is 0 Å². The van der Waals surface area contributed by atoms with E-state index in [9.17, 15) is 19.8 Å². The number of amides is 1. The summed E-state index contributed by atoms with van der Waals surface area (Å²) >= 11 is 0. The van der Waals surface area contributed by atoms with Crippen molar-refractivity contribution in [1.82, 2.24) is 5.32 Å². The van der Waals surface area contributed by atoms with Crippen molar-refractivity contribution < 1.29 is 29.0 Å². The second kappa shape index (κ2) is 7.96. The van der Waals surface area contributed by atoms with Gasteiger partial charge in [-0.1, -0.05) is 27.7 Å². The highest BCUT2D eigenvalue weighted by Crippen LogP contribution is 2.45. The predicted molar refractivity (Wildman–Crippen MR) is 101 cm³/mol. The number of carbonyl (C=O) groups excluding carboxylic acids is 2. The van der Waals surface area contributed by atoms with E-state index in [1.165, 1.54) is 14.0 Å². The van der Waals surface area contributed by atoms with E-state index in [0.717, 1.165) is 0 Å². The first-order chi connectivity index (χ1) is 11.8. The molecule has 1 aliphatic rings. The first kappa shape index (κ1) is 23.1. The Labute approximate surface area is 157 Å². The number of ether oxygens (including phenoxy) is 1. The Kier molecular flexibility index (Phi) is 7.06. The minimum absolute atomic E-state index is 0.0490. The van der Waals surface area contributed by atoms with Crippen LogP contribution in [-0.4, -0.2) is 61.4 Å². The van der Waals surface area contributed by atoms with Gasteiger partial charge < -0.3 is 24.7 Å². The Balaban J connectivity index is 3.56. The Hall–Kier alpha value is -0.963. The molecule has 0 saturated carbocycles. The van der Waals surface area contributed by atoms with E-state index in [-0.39, 0.29) is 24.5 Å². The number of rotatable bonds is 8. The lowest BCUT2D eigenvalue weighted by atomic mass is 9.70. The first-order valence-corrected chi connectivity index (χ1v) is 12.2. The summed E-state index contributed by atoms with van der Waals surface area (Å²) in [6, 6.07) is 0. The van der Waals surface area contributed by atoms with Crippen molar-refractivity contribution >= 4 is 20.2 Å². The van der Waals surface area contributed by atoms with Gasteiger partial charge in [-0.15, -0.1) is 0 Å². The van der Waals surface area contributed by atoms with E-state index in [2.05, 4.69) is 32.3 Å². The molecule has 1 fully saturated rings. The van der Waals surface area contributed by atoms with Crippen molar-refractivity contribution in [3.63, 3.8) is 0 Å². The molecule has 0 aromatic carbocycles. The number of nitrogens with one attached hydrogen (secondary N) is 1. The SMILES string of the molecule is COC(=O)[C@]1([C@@H](O[Si](C)(C)C(C)C)C(C)C)NC(=O)[C@H](CCO)[C@]1(C)O. The van der Waals surface area contributed by atoms with Crippen LogP contribution in [0.4, 0.5) is 0 Å². The zero-order valence-electron chi connectivity index (χ0n) is 17.3. The smallest absolute Gasteiger partial charge is 0.337 e. The molecule has 8 heteroatoms. The maximum atomic E-state index is 12.9. The number of aliphatic hydroxyl groups is 2. The van der Waals surface area contributed by atoms with E-state index in [1.54, 1.807) is 0 Å². The van der Waals surface area contributed by atoms with Crippen molar-refractivity contribution in [2.24, 2.45) is 11.8 Å². The summed E-state index contributed by atoms with van der Waals surface area (Å²) in [5.74, 6) is -2.31. The standard InChI is InChI=1S/C18H35NO6Si/c1-11(2)14(25-26(7,8)12(3)4)18(16(22)24-6)17(5,23)13(9-10-20)15(21)19-18/h11-14,20,23H,9-10H2,1-8H3,(H,19,21)/t13-,14-,17-,18-/m0/s1. The Morgan fingerprint density at radius 3 is 2.23 bits per heavy atom. The Morgan fingerprint density at radius 1 is 1.31 bits per heavy atom.